The molecule has 3 aromatic rings. The zero-order valence-corrected chi connectivity index (χ0v) is 21.3. The Morgan fingerprint density at radius 3 is 2.31 bits per heavy atom. The quantitative estimate of drug-likeness (QED) is 0.349. The molecule has 1 fully saturated rings. The fourth-order valence-electron chi connectivity index (χ4n) is 6.16. The summed E-state index contributed by atoms with van der Waals surface area (Å²) < 4.78 is 13.4. The summed E-state index contributed by atoms with van der Waals surface area (Å²) in [5.41, 5.74) is 4.65. The van der Waals surface area contributed by atoms with Crippen LogP contribution in [0.1, 0.15) is 56.6 Å². The van der Waals surface area contributed by atoms with Gasteiger partial charge in [-0.05, 0) is 65.6 Å². The molecule has 1 heterocycles. The second-order valence-electron chi connectivity index (χ2n) is 10.4. The zero-order valence-electron chi connectivity index (χ0n) is 21.3. The van der Waals surface area contributed by atoms with Gasteiger partial charge in [-0.3, -0.25) is 0 Å². The number of ether oxygens (including phenoxy) is 2. The van der Waals surface area contributed by atoms with E-state index in [2.05, 4.69) is 75.0 Å². The van der Waals surface area contributed by atoms with E-state index in [9.17, 15) is 0 Å². The molecule has 5 rings (SSSR count). The van der Waals surface area contributed by atoms with Crippen molar-refractivity contribution in [3.63, 3.8) is 0 Å². The standard InChI is InChI=1S/C33H38O2/c1-4-6-11-28-23(3)13-19-30-32(28)33-29-12-8-7-10-26(29)18-20-31(33)35-22-27(21-34-30)25-16-14-24(9-5-2)15-17-25/h4,6-8,10-13,18-20,24-25,27H,1,5,9,14-17,21-22H2,2-3H3/b11-6-. The lowest BCUT2D eigenvalue weighted by Crippen LogP contribution is -2.30. The highest BCUT2D eigenvalue weighted by Crippen LogP contribution is 2.46. The summed E-state index contributed by atoms with van der Waals surface area (Å²) in [6.07, 6.45) is 14.0. The van der Waals surface area contributed by atoms with Gasteiger partial charge >= 0.3 is 0 Å². The van der Waals surface area contributed by atoms with Crippen LogP contribution in [0, 0.1) is 24.7 Å². The third kappa shape index (κ3) is 4.89. The SMILES string of the molecule is C=C/C=C\c1c(C)ccc2c1-c1c(ccc3ccccc13)OCC(C1CCC(CCC)CC1)CO2. The molecule has 35 heavy (non-hydrogen) atoms. The van der Waals surface area contributed by atoms with Crippen LogP contribution in [0.25, 0.3) is 28.0 Å². The molecule has 2 aliphatic rings. The van der Waals surface area contributed by atoms with Gasteiger partial charge in [0, 0.05) is 17.0 Å². The summed E-state index contributed by atoms with van der Waals surface area (Å²) in [7, 11) is 0. The molecule has 0 aromatic heterocycles. The Balaban J connectivity index is 1.59. The number of aryl methyl sites for hydroxylation is 1. The fourth-order valence-corrected chi connectivity index (χ4v) is 6.16. The van der Waals surface area contributed by atoms with Crippen molar-refractivity contribution in [2.24, 2.45) is 17.8 Å². The average molecular weight is 467 g/mol. The molecule has 1 aliphatic carbocycles. The maximum absolute atomic E-state index is 6.69. The van der Waals surface area contributed by atoms with E-state index >= 15 is 0 Å². The van der Waals surface area contributed by atoms with Crippen molar-refractivity contribution in [2.75, 3.05) is 13.2 Å². The lowest BCUT2D eigenvalue weighted by Gasteiger charge is -2.33. The summed E-state index contributed by atoms with van der Waals surface area (Å²) in [6.45, 7) is 9.78. The van der Waals surface area contributed by atoms with Crippen molar-refractivity contribution in [3.8, 4) is 22.6 Å². The predicted octanol–water partition coefficient (Wildman–Crippen LogP) is 9.01. The van der Waals surface area contributed by atoms with Gasteiger partial charge in [-0.15, -0.1) is 0 Å². The van der Waals surface area contributed by atoms with Crippen LogP contribution in [0.3, 0.4) is 0 Å². The molecule has 0 radical (unpaired) electrons. The van der Waals surface area contributed by atoms with Crippen LogP contribution in [-0.2, 0) is 0 Å². The molecule has 1 atom stereocenters. The minimum Gasteiger partial charge on any atom is -0.492 e. The highest BCUT2D eigenvalue weighted by Gasteiger charge is 2.31. The maximum Gasteiger partial charge on any atom is 0.127 e. The number of hydrogen-bond donors (Lipinski definition) is 0. The van der Waals surface area contributed by atoms with Crippen LogP contribution in [-0.4, -0.2) is 13.2 Å². The number of benzene rings is 3. The summed E-state index contributed by atoms with van der Waals surface area (Å²) in [6, 6.07) is 17.3. The number of allylic oxidation sites excluding steroid dienone is 2. The molecular formula is C33H38O2. The topological polar surface area (TPSA) is 18.5 Å². The Labute approximate surface area is 210 Å². The van der Waals surface area contributed by atoms with E-state index in [1.54, 1.807) is 0 Å². The monoisotopic (exact) mass is 466 g/mol. The summed E-state index contributed by atoms with van der Waals surface area (Å²) in [5, 5.41) is 2.42. The largest absolute Gasteiger partial charge is 0.492 e. The summed E-state index contributed by atoms with van der Waals surface area (Å²) in [4.78, 5) is 0. The molecule has 2 heteroatoms. The van der Waals surface area contributed by atoms with Gasteiger partial charge in [-0.2, -0.15) is 0 Å². The lowest BCUT2D eigenvalue weighted by atomic mass is 9.75. The number of hydrogen-bond acceptors (Lipinski definition) is 2. The van der Waals surface area contributed by atoms with E-state index in [0.717, 1.165) is 28.5 Å². The van der Waals surface area contributed by atoms with Crippen molar-refractivity contribution in [3.05, 3.63) is 78.4 Å². The highest BCUT2D eigenvalue weighted by molar-refractivity contribution is 6.03. The van der Waals surface area contributed by atoms with E-state index in [0.29, 0.717) is 25.0 Å². The first kappa shape index (κ1) is 23.7. The van der Waals surface area contributed by atoms with Crippen molar-refractivity contribution in [1.29, 1.82) is 0 Å². The highest BCUT2D eigenvalue weighted by atomic mass is 16.5. The number of rotatable bonds is 5. The molecule has 182 valence electrons. The van der Waals surface area contributed by atoms with Crippen molar-refractivity contribution >= 4 is 16.8 Å². The Bertz CT molecular complexity index is 1210. The third-order valence-corrected chi connectivity index (χ3v) is 8.13. The van der Waals surface area contributed by atoms with E-state index in [1.807, 2.05) is 12.2 Å². The molecule has 0 spiro atoms. The van der Waals surface area contributed by atoms with Gasteiger partial charge in [0.1, 0.15) is 11.5 Å². The molecule has 2 nitrogen and oxygen atoms in total. The molecular weight excluding hydrogens is 428 g/mol. The van der Waals surface area contributed by atoms with Gasteiger partial charge in [-0.25, -0.2) is 0 Å². The number of fused-ring (bicyclic) bond motifs is 5. The van der Waals surface area contributed by atoms with Gasteiger partial charge in [0.2, 0.25) is 0 Å². The summed E-state index contributed by atoms with van der Waals surface area (Å²) >= 11 is 0. The van der Waals surface area contributed by atoms with Gasteiger partial charge in [-0.1, -0.05) is 93.8 Å². The molecule has 0 N–H and O–H groups in total. The minimum absolute atomic E-state index is 0.399. The maximum atomic E-state index is 6.69. The van der Waals surface area contributed by atoms with Gasteiger partial charge in [0.05, 0.1) is 13.2 Å². The Morgan fingerprint density at radius 1 is 0.857 bits per heavy atom. The van der Waals surface area contributed by atoms with Gasteiger partial charge in [0.15, 0.2) is 0 Å². The van der Waals surface area contributed by atoms with Crippen molar-refractivity contribution in [2.45, 2.75) is 52.4 Å². The first-order chi connectivity index (χ1) is 17.2. The van der Waals surface area contributed by atoms with Crippen LogP contribution in [0.4, 0.5) is 0 Å². The molecule has 1 aliphatic heterocycles. The zero-order chi connectivity index (χ0) is 24.2. The average Bonchev–Trinajstić information content (AvgIpc) is 2.97. The first-order valence-electron chi connectivity index (χ1n) is 13.4. The second kappa shape index (κ2) is 10.7. The Hall–Kier alpha value is -3.00. The Morgan fingerprint density at radius 2 is 1.57 bits per heavy atom. The van der Waals surface area contributed by atoms with E-state index < -0.39 is 0 Å². The molecule has 0 amide bonds. The van der Waals surface area contributed by atoms with Gasteiger partial charge < -0.3 is 9.47 Å². The van der Waals surface area contributed by atoms with Crippen LogP contribution >= 0.6 is 0 Å². The summed E-state index contributed by atoms with van der Waals surface area (Å²) in [5.74, 6) is 3.88. The normalized spacial score (nSPS) is 22.3. The van der Waals surface area contributed by atoms with E-state index in [1.165, 1.54) is 60.4 Å². The molecule has 1 unspecified atom stereocenters. The predicted molar refractivity (Wildman–Crippen MR) is 148 cm³/mol. The van der Waals surface area contributed by atoms with Crippen molar-refractivity contribution in [1.82, 2.24) is 0 Å². The molecule has 0 bridgehead atoms. The van der Waals surface area contributed by atoms with Crippen LogP contribution in [0.15, 0.2) is 67.3 Å². The van der Waals surface area contributed by atoms with E-state index in [-0.39, 0.29) is 0 Å². The molecule has 0 saturated heterocycles. The fraction of sp³-hybridized carbons (Fsp3) is 0.394. The second-order valence-corrected chi connectivity index (χ2v) is 10.4. The third-order valence-electron chi connectivity index (χ3n) is 8.13. The lowest BCUT2D eigenvalue weighted by molar-refractivity contribution is 0.0982. The van der Waals surface area contributed by atoms with Gasteiger partial charge in [0.25, 0.3) is 0 Å². The smallest absolute Gasteiger partial charge is 0.127 e. The first-order valence-corrected chi connectivity index (χ1v) is 13.4. The van der Waals surface area contributed by atoms with Crippen LogP contribution in [0.2, 0.25) is 0 Å². The minimum atomic E-state index is 0.399. The van der Waals surface area contributed by atoms with Crippen LogP contribution in [0.5, 0.6) is 11.5 Å². The van der Waals surface area contributed by atoms with Crippen molar-refractivity contribution < 1.29 is 9.47 Å². The van der Waals surface area contributed by atoms with E-state index in [4.69, 9.17) is 9.47 Å². The Kier molecular flexibility index (Phi) is 7.27. The van der Waals surface area contributed by atoms with Crippen LogP contribution < -0.4 is 9.47 Å². The molecule has 1 saturated carbocycles. The molecule has 3 aromatic carbocycles.